The Balaban J connectivity index is 1.86. The molecule has 0 radical (unpaired) electrons. The lowest BCUT2D eigenvalue weighted by Gasteiger charge is -2.34. The Morgan fingerprint density at radius 2 is 2.28 bits per heavy atom. The number of aromatic nitrogens is 5. The third-order valence-corrected chi connectivity index (χ3v) is 4.75. The molecule has 1 aliphatic rings. The molecule has 0 aromatic carbocycles. The maximum Gasteiger partial charge on any atom is 0.255 e. The number of ether oxygens (including phenoxy) is 1. The first-order valence-electron chi connectivity index (χ1n) is 8.21. The molecule has 0 bridgehead atoms. The van der Waals surface area contributed by atoms with Gasteiger partial charge in [-0.25, -0.2) is 4.68 Å². The first kappa shape index (κ1) is 17.4. The zero-order valence-electron chi connectivity index (χ0n) is 14.8. The minimum atomic E-state index is -0.422. The van der Waals surface area contributed by atoms with E-state index < -0.39 is 5.54 Å². The molecule has 9 heteroatoms. The van der Waals surface area contributed by atoms with Crippen LogP contribution < -0.4 is 0 Å². The lowest BCUT2D eigenvalue weighted by atomic mass is 9.96. The normalized spacial score (nSPS) is 20.4. The number of rotatable bonds is 6. The molecule has 1 aliphatic heterocycles. The summed E-state index contributed by atoms with van der Waals surface area (Å²) in [6.07, 6.45) is 4.02. The molecule has 1 amide bonds. The van der Waals surface area contributed by atoms with Gasteiger partial charge in [-0.1, -0.05) is 0 Å². The number of methoxy groups -OCH3 is 1. The summed E-state index contributed by atoms with van der Waals surface area (Å²) in [6.45, 7) is 2.27. The van der Waals surface area contributed by atoms with E-state index in [0.29, 0.717) is 31.8 Å². The van der Waals surface area contributed by atoms with Gasteiger partial charge in [-0.15, -0.1) is 5.10 Å². The van der Waals surface area contributed by atoms with Gasteiger partial charge in [0.05, 0.1) is 18.7 Å². The molecule has 1 fully saturated rings. The zero-order valence-corrected chi connectivity index (χ0v) is 14.8. The predicted molar refractivity (Wildman–Crippen MR) is 89.8 cm³/mol. The van der Waals surface area contributed by atoms with Gasteiger partial charge in [-0.3, -0.25) is 14.7 Å². The first-order valence-corrected chi connectivity index (χ1v) is 8.21. The smallest absolute Gasteiger partial charge is 0.255 e. The van der Waals surface area contributed by atoms with Crippen LogP contribution in [0.5, 0.6) is 0 Å². The second kappa shape index (κ2) is 7.24. The van der Waals surface area contributed by atoms with Crippen molar-refractivity contribution in [2.75, 3.05) is 40.9 Å². The van der Waals surface area contributed by atoms with E-state index in [1.807, 2.05) is 19.0 Å². The second-order valence-electron chi connectivity index (χ2n) is 6.36. The summed E-state index contributed by atoms with van der Waals surface area (Å²) in [4.78, 5) is 20.7. The van der Waals surface area contributed by atoms with Crippen molar-refractivity contribution in [2.45, 2.75) is 18.5 Å². The van der Waals surface area contributed by atoms with Gasteiger partial charge in [-0.2, -0.15) is 0 Å². The quantitative estimate of drug-likeness (QED) is 0.729. The molecular weight excluding hydrogens is 322 g/mol. The fourth-order valence-corrected chi connectivity index (χ4v) is 3.25. The highest BCUT2D eigenvalue weighted by molar-refractivity contribution is 5.94. The monoisotopic (exact) mass is 345 g/mol. The Hall–Kier alpha value is -2.39. The molecular formula is C16H23N7O2. The summed E-state index contributed by atoms with van der Waals surface area (Å²) in [7, 11) is 5.64. The third kappa shape index (κ3) is 3.24. The molecule has 2 aromatic rings. The fourth-order valence-electron chi connectivity index (χ4n) is 3.25. The summed E-state index contributed by atoms with van der Waals surface area (Å²) in [5, 5.41) is 12.2. The Kier molecular flexibility index (Phi) is 5.05. The average molecular weight is 345 g/mol. The van der Waals surface area contributed by atoms with Crippen LogP contribution >= 0.6 is 0 Å². The summed E-state index contributed by atoms with van der Waals surface area (Å²) in [5.41, 5.74) is 0.172. The van der Waals surface area contributed by atoms with Crippen LogP contribution in [-0.4, -0.2) is 81.8 Å². The third-order valence-electron chi connectivity index (χ3n) is 4.75. The standard InChI is InChI=1S/C16H23N7O2/c1-21(2)16(15-18-19-20-23(15)9-10-25-3)6-8-22(12-16)14(24)13-5-4-7-17-11-13/h4-5,7,11H,6,8-10,12H2,1-3H3. The highest BCUT2D eigenvalue weighted by Gasteiger charge is 2.47. The van der Waals surface area contributed by atoms with Gasteiger partial charge in [0.2, 0.25) is 0 Å². The predicted octanol–water partition coefficient (Wildman–Crippen LogP) is 0.0175. The number of hydrogen-bond donors (Lipinski definition) is 0. The number of likely N-dealkylation sites (N-methyl/N-ethyl adjacent to an activating group) is 1. The van der Waals surface area contributed by atoms with Crippen molar-refractivity contribution in [2.24, 2.45) is 0 Å². The Bertz CT molecular complexity index is 718. The van der Waals surface area contributed by atoms with Crippen molar-refractivity contribution in [1.29, 1.82) is 0 Å². The van der Waals surface area contributed by atoms with Crippen molar-refractivity contribution in [3.8, 4) is 0 Å². The average Bonchev–Trinajstić information content (AvgIpc) is 3.27. The lowest BCUT2D eigenvalue weighted by Crippen LogP contribution is -2.47. The van der Waals surface area contributed by atoms with Crippen LogP contribution in [0.2, 0.25) is 0 Å². The Morgan fingerprint density at radius 1 is 1.44 bits per heavy atom. The van der Waals surface area contributed by atoms with E-state index in [1.54, 1.807) is 36.3 Å². The van der Waals surface area contributed by atoms with Gasteiger partial charge < -0.3 is 9.64 Å². The minimum Gasteiger partial charge on any atom is -0.383 e. The molecule has 3 heterocycles. The number of carbonyl (C=O) groups is 1. The number of carbonyl (C=O) groups excluding carboxylic acids is 1. The molecule has 3 rings (SSSR count). The van der Waals surface area contributed by atoms with Crippen LogP contribution in [-0.2, 0) is 16.8 Å². The van der Waals surface area contributed by atoms with Crippen molar-refractivity contribution < 1.29 is 9.53 Å². The second-order valence-corrected chi connectivity index (χ2v) is 6.36. The molecule has 0 N–H and O–H groups in total. The van der Waals surface area contributed by atoms with E-state index in [2.05, 4.69) is 25.4 Å². The van der Waals surface area contributed by atoms with Gasteiger partial charge >= 0.3 is 0 Å². The fraction of sp³-hybridized carbons (Fsp3) is 0.562. The molecule has 134 valence electrons. The summed E-state index contributed by atoms with van der Waals surface area (Å²) < 4.78 is 6.91. The van der Waals surface area contributed by atoms with Crippen LogP contribution in [0.25, 0.3) is 0 Å². The molecule has 25 heavy (non-hydrogen) atoms. The van der Waals surface area contributed by atoms with Gasteiger partial charge in [-0.05, 0) is 43.1 Å². The molecule has 9 nitrogen and oxygen atoms in total. The first-order chi connectivity index (χ1) is 12.1. The van der Waals surface area contributed by atoms with E-state index >= 15 is 0 Å². The van der Waals surface area contributed by atoms with Crippen LogP contribution in [0, 0.1) is 0 Å². The van der Waals surface area contributed by atoms with E-state index in [9.17, 15) is 4.79 Å². The molecule has 1 unspecified atom stereocenters. The number of amides is 1. The van der Waals surface area contributed by atoms with Gasteiger partial charge in [0.25, 0.3) is 5.91 Å². The van der Waals surface area contributed by atoms with Gasteiger partial charge in [0, 0.05) is 32.6 Å². The number of hydrogen-bond acceptors (Lipinski definition) is 7. The number of nitrogens with zero attached hydrogens (tertiary/aromatic N) is 7. The molecule has 0 aliphatic carbocycles. The molecule has 0 spiro atoms. The van der Waals surface area contributed by atoms with Crippen LogP contribution in [0.15, 0.2) is 24.5 Å². The highest BCUT2D eigenvalue weighted by atomic mass is 16.5. The van der Waals surface area contributed by atoms with E-state index in [0.717, 1.165) is 12.2 Å². The van der Waals surface area contributed by atoms with Gasteiger partial charge in [0.1, 0.15) is 5.54 Å². The van der Waals surface area contributed by atoms with E-state index in [4.69, 9.17) is 4.74 Å². The van der Waals surface area contributed by atoms with Crippen molar-refractivity contribution in [3.63, 3.8) is 0 Å². The molecule has 1 saturated heterocycles. The topological polar surface area (TPSA) is 89.3 Å². The SMILES string of the molecule is COCCn1nnnc1C1(N(C)C)CCN(C(=O)c2cccnc2)C1. The van der Waals surface area contributed by atoms with Crippen molar-refractivity contribution in [1.82, 2.24) is 35.0 Å². The molecule has 2 aromatic heterocycles. The minimum absolute atomic E-state index is 0.0206. The maximum absolute atomic E-state index is 12.8. The Labute approximate surface area is 146 Å². The van der Waals surface area contributed by atoms with Crippen LogP contribution in [0.1, 0.15) is 22.6 Å². The zero-order chi connectivity index (χ0) is 17.9. The highest BCUT2D eigenvalue weighted by Crippen LogP contribution is 2.35. The van der Waals surface area contributed by atoms with Gasteiger partial charge in [0.15, 0.2) is 5.82 Å². The van der Waals surface area contributed by atoms with Crippen LogP contribution in [0.3, 0.4) is 0 Å². The molecule has 0 saturated carbocycles. The largest absolute Gasteiger partial charge is 0.383 e. The van der Waals surface area contributed by atoms with Crippen molar-refractivity contribution >= 4 is 5.91 Å². The number of pyridine rings is 1. The number of likely N-dealkylation sites (tertiary alicyclic amines) is 1. The van der Waals surface area contributed by atoms with E-state index in [1.165, 1.54) is 0 Å². The summed E-state index contributed by atoms with van der Waals surface area (Å²) in [6, 6.07) is 3.56. The van der Waals surface area contributed by atoms with E-state index in [-0.39, 0.29) is 5.91 Å². The summed E-state index contributed by atoms with van der Waals surface area (Å²) in [5.74, 6) is 0.740. The maximum atomic E-state index is 12.8. The Morgan fingerprint density at radius 3 is 2.96 bits per heavy atom. The van der Waals surface area contributed by atoms with Crippen molar-refractivity contribution in [3.05, 3.63) is 35.9 Å². The summed E-state index contributed by atoms with van der Waals surface area (Å²) >= 11 is 0. The molecule has 1 atom stereocenters. The number of tetrazole rings is 1. The lowest BCUT2D eigenvalue weighted by molar-refractivity contribution is 0.0736. The van der Waals surface area contributed by atoms with Crippen LogP contribution in [0.4, 0.5) is 0 Å².